The number of aromatic nitrogens is 1. The fourth-order valence-corrected chi connectivity index (χ4v) is 3.16. The Labute approximate surface area is 131 Å². The zero-order chi connectivity index (χ0) is 15.8. The average molecular weight is 313 g/mol. The molecule has 1 aromatic heterocycles. The second-order valence-corrected chi connectivity index (χ2v) is 6.60. The van der Waals surface area contributed by atoms with Gasteiger partial charge in [-0.1, -0.05) is 27.2 Å². The molecule has 0 aliphatic heterocycles. The number of nitrogens with one attached hydrogen (secondary N) is 2. The molecule has 0 fully saturated rings. The lowest BCUT2D eigenvalue weighted by atomic mass is 10.1. The van der Waals surface area contributed by atoms with Crippen molar-refractivity contribution in [2.45, 2.75) is 59.5 Å². The highest BCUT2D eigenvalue weighted by Crippen LogP contribution is 2.24. The van der Waals surface area contributed by atoms with Crippen molar-refractivity contribution in [3.63, 3.8) is 0 Å². The maximum absolute atomic E-state index is 11.9. The third-order valence-electron chi connectivity index (χ3n) is 3.16. The molecule has 3 N–H and O–H groups in total. The molecule has 0 aliphatic rings. The number of hydrogen-bond acceptors (Lipinski definition) is 4. The van der Waals surface area contributed by atoms with Gasteiger partial charge in [0.15, 0.2) is 5.13 Å². The van der Waals surface area contributed by atoms with E-state index in [9.17, 15) is 9.90 Å². The normalized spacial score (nSPS) is 13.8. The minimum Gasteiger partial charge on any atom is -0.393 e. The first-order valence-electron chi connectivity index (χ1n) is 7.67. The van der Waals surface area contributed by atoms with E-state index in [2.05, 4.69) is 29.5 Å². The number of anilines is 1. The van der Waals surface area contributed by atoms with Gasteiger partial charge in [0.2, 0.25) is 0 Å². The van der Waals surface area contributed by atoms with Crippen LogP contribution in [0.1, 0.15) is 51.1 Å². The van der Waals surface area contributed by atoms with Gasteiger partial charge in [-0.25, -0.2) is 9.78 Å². The number of hydrogen-bond donors (Lipinski definition) is 3. The molecule has 1 aromatic rings. The Kier molecular flexibility index (Phi) is 7.67. The van der Waals surface area contributed by atoms with Crippen molar-refractivity contribution in [3.8, 4) is 0 Å². The van der Waals surface area contributed by atoms with Crippen molar-refractivity contribution in [1.82, 2.24) is 10.3 Å². The van der Waals surface area contributed by atoms with Crippen molar-refractivity contribution in [1.29, 1.82) is 0 Å². The average Bonchev–Trinajstić information content (AvgIpc) is 2.78. The van der Waals surface area contributed by atoms with Gasteiger partial charge < -0.3 is 10.4 Å². The number of amides is 2. The third-order valence-corrected chi connectivity index (χ3v) is 4.32. The minimum atomic E-state index is -0.340. The zero-order valence-electron chi connectivity index (χ0n) is 13.4. The van der Waals surface area contributed by atoms with E-state index in [-0.39, 0.29) is 18.1 Å². The Bertz CT molecular complexity index is 446. The highest BCUT2D eigenvalue weighted by molar-refractivity contribution is 7.15. The van der Waals surface area contributed by atoms with E-state index in [1.807, 2.05) is 6.92 Å². The summed E-state index contributed by atoms with van der Waals surface area (Å²) < 4.78 is 0. The monoisotopic (exact) mass is 313 g/mol. The van der Waals surface area contributed by atoms with Crippen molar-refractivity contribution >= 4 is 22.5 Å². The molecule has 0 saturated carbocycles. The van der Waals surface area contributed by atoms with Crippen LogP contribution in [0.5, 0.6) is 0 Å². The van der Waals surface area contributed by atoms with Gasteiger partial charge in [-0.05, 0) is 32.1 Å². The predicted octanol–water partition coefficient (Wildman–Crippen LogP) is 3.19. The van der Waals surface area contributed by atoms with Crippen LogP contribution in [-0.4, -0.2) is 28.8 Å². The summed E-state index contributed by atoms with van der Waals surface area (Å²) in [5.41, 5.74) is 1.10. The molecule has 2 amide bonds. The van der Waals surface area contributed by atoms with Gasteiger partial charge in [0.25, 0.3) is 0 Å². The summed E-state index contributed by atoms with van der Waals surface area (Å²) in [5, 5.41) is 15.6. The maximum Gasteiger partial charge on any atom is 0.321 e. The van der Waals surface area contributed by atoms with Gasteiger partial charge in [-0.3, -0.25) is 5.32 Å². The van der Waals surface area contributed by atoms with Gasteiger partial charge in [-0.2, -0.15) is 0 Å². The van der Waals surface area contributed by atoms with Crippen LogP contribution in [0.3, 0.4) is 0 Å². The molecule has 0 bridgehead atoms. The van der Waals surface area contributed by atoms with Crippen LogP contribution in [0.25, 0.3) is 0 Å². The molecular weight excluding hydrogens is 286 g/mol. The predicted molar refractivity (Wildman–Crippen MR) is 88.0 cm³/mol. The third kappa shape index (κ3) is 6.44. The van der Waals surface area contributed by atoms with E-state index in [0.29, 0.717) is 18.1 Å². The van der Waals surface area contributed by atoms with Crippen LogP contribution in [-0.2, 0) is 12.8 Å². The number of aliphatic hydroxyl groups is 1. The number of urea groups is 1. The van der Waals surface area contributed by atoms with Crippen LogP contribution >= 0.6 is 11.3 Å². The molecule has 2 atom stereocenters. The summed E-state index contributed by atoms with van der Waals surface area (Å²) in [6.07, 6.45) is 3.29. The number of aliphatic hydroxyl groups excluding tert-OH is 1. The number of carbonyl (C=O) groups excluding carboxylic acids is 1. The molecule has 5 nitrogen and oxygen atoms in total. The first kappa shape index (κ1) is 17.9. The first-order chi connectivity index (χ1) is 9.96. The molecule has 0 saturated heterocycles. The van der Waals surface area contributed by atoms with Crippen LogP contribution in [0, 0.1) is 5.92 Å². The minimum absolute atomic E-state index is 0.230. The summed E-state index contributed by atoms with van der Waals surface area (Å²) in [6.45, 7) is 8.54. The van der Waals surface area contributed by atoms with E-state index in [4.69, 9.17) is 0 Å². The van der Waals surface area contributed by atoms with Gasteiger partial charge in [0.1, 0.15) is 0 Å². The van der Waals surface area contributed by atoms with E-state index in [0.717, 1.165) is 25.0 Å². The number of rotatable bonds is 8. The lowest BCUT2D eigenvalue weighted by molar-refractivity contribution is 0.163. The van der Waals surface area contributed by atoms with E-state index >= 15 is 0 Å². The van der Waals surface area contributed by atoms with Gasteiger partial charge in [0, 0.05) is 11.4 Å². The molecule has 1 heterocycles. The number of thiazole rings is 1. The second kappa shape index (κ2) is 9.00. The lowest BCUT2D eigenvalue weighted by Crippen LogP contribution is -2.33. The first-order valence-corrected chi connectivity index (χ1v) is 8.49. The van der Waals surface area contributed by atoms with E-state index in [1.54, 1.807) is 18.3 Å². The standard InChI is InChI=1S/C15H27N3O2S/c1-5-7-12-13(6-2)21-15(17-12)18-14(20)16-9-10(3)8-11(4)19/h10-11,19H,5-9H2,1-4H3,(H2,16,17,18,20). The SMILES string of the molecule is CCCc1nc(NC(=O)NCC(C)CC(C)O)sc1CC. The van der Waals surface area contributed by atoms with Gasteiger partial charge >= 0.3 is 6.03 Å². The Morgan fingerprint density at radius 2 is 2.10 bits per heavy atom. The number of carbonyl (C=O) groups is 1. The summed E-state index contributed by atoms with van der Waals surface area (Å²) in [7, 11) is 0. The van der Waals surface area contributed by atoms with Crippen LogP contribution in [0.15, 0.2) is 0 Å². The van der Waals surface area contributed by atoms with Crippen molar-refractivity contribution in [2.75, 3.05) is 11.9 Å². The Balaban J connectivity index is 2.47. The van der Waals surface area contributed by atoms with Crippen molar-refractivity contribution in [3.05, 3.63) is 10.6 Å². The molecule has 21 heavy (non-hydrogen) atoms. The largest absolute Gasteiger partial charge is 0.393 e. The fraction of sp³-hybridized carbons (Fsp3) is 0.733. The lowest BCUT2D eigenvalue weighted by Gasteiger charge is -2.14. The molecule has 0 aliphatic carbocycles. The number of aryl methyl sites for hydroxylation is 2. The molecular formula is C15H27N3O2S. The highest BCUT2D eigenvalue weighted by atomic mass is 32.1. The van der Waals surface area contributed by atoms with Crippen LogP contribution in [0.4, 0.5) is 9.93 Å². The summed E-state index contributed by atoms with van der Waals surface area (Å²) in [6, 6.07) is -0.230. The van der Waals surface area contributed by atoms with Gasteiger partial charge in [0.05, 0.1) is 11.8 Å². The van der Waals surface area contributed by atoms with E-state index in [1.165, 1.54) is 4.88 Å². The smallest absolute Gasteiger partial charge is 0.321 e. The van der Waals surface area contributed by atoms with Crippen molar-refractivity contribution in [2.24, 2.45) is 5.92 Å². The van der Waals surface area contributed by atoms with Gasteiger partial charge in [-0.15, -0.1) is 11.3 Å². The molecule has 2 unspecified atom stereocenters. The molecule has 1 rings (SSSR count). The number of nitrogens with zero attached hydrogens (tertiary/aromatic N) is 1. The second-order valence-electron chi connectivity index (χ2n) is 5.52. The van der Waals surface area contributed by atoms with E-state index < -0.39 is 0 Å². The Hall–Kier alpha value is -1.14. The topological polar surface area (TPSA) is 74.2 Å². The molecule has 6 heteroatoms. The molecule has 0 aromatic carbocycles. The fourth-order valence-electron chi connectivity index (χ4n) is 2.22. The van der Waals surface area contributed by atoms with Crippen LogP contribution < -0.4 is 10.6 Å². The van der Waals surface area contributed by atoms with Crippen LogP contribution in [0.2, 0.25) is 0 Å². The summed E-state index contributed by atoms with van der Waals surface area (Å²) in [5.74, 6) is 0.244. The highest BCUT2D eigenvalue weighted by Gasteiger charge is 2.12. The maximum atomic E-state index is 11.9. The summed E-state index contributed by atoms with van der Waals surface area (Å²) >= 11 is 1.55. The Morgan fingerprint density at radius 3 is 2.67 bits per heavy atom. The zero-order valence-corrected chi connectivity index (χ0v) is 14.2. The quantitative estimate of drug-likeness (QED) is 0.690. The molecule has 120 valence electrons. The molecule has 0 radical (unpaired) electrons. The Morgan fingerprint density at radius 1 is 1.38 bits per heavy atom. The summed E-state index contributed by atoms with van der Waals surface area (Å²) in [4.78, 5) is 17.6. The van der Waals surface area contributed by atoms with Crippen molar-refractivity contribution < 1.29 is 9.90 Å². The molecule has 0 spiro atoms.